The van der Waals surface area contributed by atoms with E-state index in [-0.39, 0.29) is 10.6 Å². The largest absolute Gasteiger partial charge is 0.369 e. The van der Waals surface area contributed by atoms with E-state index in [4.69, 9.17) is 0 Å². The van der Waals surface area contributed by atoms with Gasteiger partial charge in [-0.25, -0.2) is 8.42 Å². The first-order valence-electron chi connectivity index (χ1n) is 8.95. The molecule has 0 atom stereocenters. The molecule has 150 valence electrons. The van der Waals surface area contributed by atoms with Crippen LogP contribution in [0.25, 0.3) is 0 Å². The zero-order chi connectivity index (χ0) is 20.3. The third-order valence-corrected chi connectivity index (χ3v) is 7.50. The predicted molar refractivity (Wildman–Crippen MR) is 111 cm³/mol. The Morgan fingerprint density at radius 2 is 1.79 bits per heavy atom. The van der Waals surface area contributed by atoms with Crippen molar-refractivity contribution in [2.45, 2.75) is 29.2 Å². The van der Waals surface area contributed by atoms with E-state index in [1.165, 1.54) is 22.5 Å². The number of hydrogen-bond acceptors (Lipinski definition) is 6. The zero-order valence-electron chi connectivity index (χ0n) is 15.9. The molecule has 0 aromatic heterocycles. The molecule has 0 radical (unpaired) electrons. The van der Waals surface area contributed by atoms with E-state index in [0.29, 0.717) is 25.3 Å². The van der Waals surface area contributed by atoms with E-state index < -0.39 is 14.9 Å². The van der Waals surface area contributed by atoms with Crippen LogP contribution >= 0.6 is 11.8 Å². The molecule has 2 aromatic rings. The summed E-state index contributed by atoms with van der Waals surface area (Å²) in [6.07, 6.45) is 3.62. The second-order valence-electron chi connectivity index (χ2n) is 6.72. The molecule has 0 bridgehead atoms. The Hall–Kier alpha value is -2.10. The molecule has 1 aliphatic rings. The van der Waals surface area contributed by atoms with E-state index in [0.717, 1.165) is 23.3 Å². The Kier molecular flexibility index (Phi) is 6.26. The van der Waals surface area contributed by atoms with Crippen LogP contribution in [0.3, 0.4) is 0 Å². The lowest BCUT2D eigenvalue weighted by atomic mass is 10.2. The van der Waals surface area contributed by atoms with Gasteiger partial charge in [0.15, 0.2) is 0 Å². The summed E-state index contributed by atoms with van der Waals surface area (Å²) >= 11 is 1.65. The highest BCUT2D eigenvalue weighted by Gasteiger charge is 2.31. The van der Waals surface area contributed by atoms with Crippen molar-refractivity contribution in [3.63, 3.8) is 0 Å². The van der Waals surface area contributed by atoms with Gasteiger partial charge < -0.3 is 4.90 Å². The van der Waals surface area contributed by atoms with E-state index in [1.807, 2.05) is 35.4 Å². The average Bonchev–Trinajstić information content (AvgIpc) is 3.23. The number of thioether (sulfide) groups is 1. The normalized spacial score (nSPS) is 14.9. The minimum atomic E-state index is -3.79. The molecule has 2 aromatic carbocycles. The molecule has 1 saturated heterocycles. The van der Waals surface area contributed by atoms with Crippen LogP contribution in [0.15, 0.2) is 52.3 Å². The van der Waals surface area contributed by atoms with Crippen LogP contribution in [0.4, 0.5) is 11.4 Å². The van der Waals surface area contributed by atoms with Gasteiger partial charge in [-0.1, -0.05) is 12.1 Å². The van der Waals surface area contributed by atoms with Crippen LogP contribution in [0.1, 0.15) is 18.4 Å². The van der Waals surface area contributed by atoms with Gasteiger partial charge in [-0.15, -0.1) is 11.8 Å². The van der Waals surface area contributed by atoms with Gasteiger partial charge in [-0.3, -0.25) is 10.1 Å². The Labute approximate surface area is 169 Å². The van der Waals surface area contributed by atoms with Gasteiger partial charge in [0.2, 0.25) is 10.0 Å². The standard InChI is InChI=1S/C19H23N3O4S2/c1-20(14-15-5-8-17(27-2)9-6-15)18-10-7-16(22(23)24)13-19(18)28(25,26)21-11-3-4-12-21/h5-10,13H,3-4,11-12,14H2,1-2H3. The average molecular weight is 422 g/mol. The Bertz CT molecular complexity index is 956. The lowest BCUT2D eigenvalue weighted by molar-refractivity contribution is -0.385. The minimum Gasteiger partial charge on any atom is -0.369 e. The van der Waals surface area contributed by atoms with Gasteiger partial charge in [0.25, 0.3) is 5.69 Å². The van der Waals surface area contributed by atoms with Crippen molar-refractivity contribution < 1.29 is 13.3 Å². The van der Waals surface area contributed by atoms with Crippen molar-refractivity contribution >= 4 is 33.2 Å². The maximum absolute atomic E-state index is 13.1. The fourth-order valence-electron chi connectivity index (χ4n) is 3.30. The monoisotopic (exact) mass is 421 g/mol. The molecular formula is C19H23N3O4S2. The molecule has 0 saturated carbocycles. The second kappa shape index (κ2) is 8.50. The molecule has 28 heavy (non-hydrogen) atoms. The molecule has 0 spiro atoms. The highest BCUT2D eigenvalue weighted by atomic mass is 32.2. The van der Waals surface area contributed by atoms with Crippen molar-refractivity contribution in [1.82, 2.24) is 4.31 Å². The highest BCUT2D eigenvalue weighted by Crippen LogP contribution is 2.33. The van der Waals surface area contributed by atoms with Crippen LogP contribution < -0.4 is 4.90 Å². The molecule has 0 amide bonds. The van der Waals surface area contributed by atoms with Crippen LogP contribution in [-0.4, -0.2) is 44.0 Å². The fourth-order valence-corrected chi connectivity index (χ4v) is 5.48. The first-order chi connectivity index (χ1) is 13.3. The summed E-state index contributed by atoms with van der Waals surface area (Å²) < 4.78 is 27.7. The van der Waals surface area contributed by atoms with Gasteiger partial charge in [0.1, 0.15) is 4.90 Å². The molecule has 3 rings (SSSR count). The van der Waals surface area contributed by atoms with Crippen molar-refractivity contribution in [3.8, 4) is 0 Å². The third-order valence-electron chi connectivity index (χ3n) is 4.83. The molecule has 0 N–H and O–H groups in total. The lowest BCUT2D eigenvalue weighted by Crippen LogP contribution is -2.30. The summed E-state index contributed by atoms with van der Waals surface area (Å²) in [5.41, 5.74) is 1.27. The van der Waals surface area contributed by atoms with Gasteiger partial charge in [0, 0.05) is 43.7 Å². The first kappa shape index (κ1) is 20.6. The van der Waals surface area contributed by atoms with Crippen molar-refractivity contribution in [1.29, 1.82) is 0 Å². The Morgan fingerprint density at radius 3 is 2.36 bits per heavy atom. The smallest absolute Gasteiger partial charge is 0.270 e. The molecule has 0 aliphatic carbocycles. The van der Waals surface area contributed by atoms with Crippen LogP contribution in [-0.2, 0) is 16.6 Å². The summed E-state index contributed by atoms with van der Waals surface area (Å²) in [5.74, 6) is 0. The highest BCUT2D eigenvalue weighted by molar-refractivity contribution is 7.98. The number of nitro groups is 1. The van der Waals surface area contributed by atoms with E-state index in [9.17, 15) is 18.5 Å². The molecule has 0 unspecified atom stereocenters. The van der Waals surface area contributed by atoms with Crippen LogP contribution in [0, 0.1) is 10.1 Å². The molecule has 1 heterocycles. The Balaban J connectivity index is 1.97. The molecule has 1 fully saturated rings. The SMILES string of the molecule is CSc1ccc(CN(C)c2ccc([N+](=O)[O-])cc2S(=O)(=O)N2CCCC2)cc1. The van der Waals surface area contributed by atoms with Crippen molar-refractivity contribution in [2.75, 3.05) is 31.3 Å². The van der Waals surface area contributed by atoms with E-state index >= 15 is 0 Å². The second-order valence-corrected chi connectivity index (χ2v) is 9.51. The number of benzene rings is 2. The number of anilines is 1. The summed E-state index contributed by atoms with van der Waals surface area (Å²) in [5, 5.41) is 11.2. The summed E-state index contributed by atoms with van der Waals surface area (Å²) in [6.45, 7) is 1.39. The van der Waals surface area contributed by atoms with Crippen molar-refractivity contribution in [3.05, 3.63) is 58.1 Å². The quantitative estimate of drug-likeness (QED) is 0.385. The number of nitro benzene ring substituents is 1. The molecule has 1 aliphatic heterocycles. The first-order valence-corrected chi connectivity index (χ1v) is 11.6. The van der Waals surface area contributed by atoms with Crippen LogP contribution in [0.5, 0.6) is 0 Å². The van der Waals surface area contributed by atoms with Gasteiger partial charge in [-0.2, -0.15) is 4.31 Å². The zero-order valence-corrected chi connectivity index (χ0v) is 17.5. The molecule has 9 heteroatoms. The Morgan fingerprint density at radius 1 is 1.14 bits per heavy atom. The number of nitrogens with zero attached hydrogens (tertiary/aromatic N) is 3. The molecule has 7 nitrogen and oxygen atoms in total. The topological polar surface area (TPSA) is 83.8 Å². The number of non-ortho nitro benzene ring substituents is 1. The maximum Gasteiger partial charge on any atom is 0.270 e. The summed E-state index contributed by atoms with van der Waals surface area (Å²) in [4.78, 5) is 13.6. The predicted octanol–water partition coefficient (Wildman–Crippen LogP) is 3.74. The lowest BCUT2D eigenvalue weighted by Gasteiger charge is -2.24. The van der Waals surface area contributed by atoms with Crippen molar-refractivity contribution in [2.24, 2.45) is 0 Å². The maximum atomic E-state index is 13.1. The van der Waals surface area contributed by atoms with Gasteiger partial charge in [-0.05, 0) is 42.9 Å². The van der Waals surface area contributed by atoms with Gasteiger partial charge >= 0.3 is 0 Å². The van der Waals surface area contributed by atoms with Crippen LogP contribution in [0.2, 0.25) is 0 Å². The number of sulfonamides is 1. The number of hydrogen-bond donors (Lipinski definition) is 0. The summed E-state index contributed by atoms with van der Waals surface area (Å²) in [6, 6.07) is 12.1. The minimum absolute atomic E-state index is 0.00756. The van der Waals surface area contributed by atoms with Gasteiger partial charge in [0.05, 0.1) is 10.6 Å². The van der Waals surface area contributed by atoms with E-state index in [2.05, 4.69) is 0 Å². The fraction of sp³-hybridized carbons (Fsp3) is 0.368. The third kappa shape index (κ3) is 4.31. The molecular weight excluding hydrogens is 398 g/mol. The van der Waals surface area contributed by atoms with E-state index in [1.54, 1.807) is 18.8 Å². The summed E-state index contributed by atoms with van der Waals surface area (Å²) in [7, 11) is -1.99. The number of rotatable bonds is 7.